The van der Waals surface area contributed by atoms with E-state index in [4.69, 9.17) is 28.9 Å². The first kappa shape index (κ1) is 14.7. The predicted octanol–water partition coefficient (Wildman–Crippen LogP) is 3.55. The van der Waals surface area contributed by atoms with Crippen LogP contribution < -0.4 is 11.1 Å². The van der Waals surface area contributed by atoms with E-state index >= 15 is 0 Å². The molecule has 2 rings (SSSR count). The zero-order chi connectivity index (χ0) is 14.5. The van der Waals surface area contributed by atoms with Gasteiger partial charge in [0.1, 0.15) is 0 Å². The summed E-state index contributed by atoms with van der Waals surface area (Å²) in [6, 6.07) is 12.4. The van der Waals surface area contributed by atoms with Crippen LogP contribution in [0.3, 0.4) is 0 Å². The highest BCUT2D eigenvalue weighted by molar-refractivity contribution is 6.34. The summed E-state index contributed by atoms with van der Waals surface area (Å²) in [7, 11) is 0. The number of nitrogen functional groups attached to an aromatic ring is 1. The van der Waals surface area contributed by atoms with E-state index in [-0.39, 0.29) is 5.91 Å². The minimum absolute atomic E-state index is 0.232. The Bertz CT molecular complexity index is 629. The molecular weight excluding hydrogens is 295 g/mol. The second kappa shape index (κ2) is 6.64. The summed E-state index contributed by atoms with van der Waals surface area (Å²) in [5, 5.41) is 3.89. The molecule has 0 atom stereocenters. The van der Waals surface area contributed by atoms with Crippen LogP contribution in [0, 0.1) is 0 Å². The smallest absolute Gasteiger partial charge is 0.252 e. The van der Waals surface area contributed by atoms with Crippen LogP contribution >= 0.6 is 23.2 Å². The Morgan fingerprint density at radius 3 is 2.70 bits per heavy atom. The Kier molecular flexibility index (Phi) is 4.88. The fourth-order valence-corrected chi connectivity index (χ4v) is 2.24. The van der Waals surface area contributed by atoms with Gasteiger partial charge in [0, 0.05) is 17.3 Å². The molecular formula is C15H14Cl2N2O. The molecule has 2 aromatic carbocycles. The number of amides is 1. The third kappa shape index (κ3) is 3.89. The summed E-state index contributed by atoms with van der Waals surface area (Å²) in [5.41, 5.74) is 7.61. The number of carbonyl (C=O) groups is 1. The molecule has 3 N–H and O–H groups in total. The van der Waals surface area contributed by atoms with Crippen molar-refractivity contribution in [3.63, 3.8) is 0 Å². The summed E-state index contributed by atoms with van der Waals surface area (Å²) in [4.78, 5) is 12.0. The van der Waals surface area contributed by atoms with Crippen molar-refractivity contribution in [2.45, 2.75) is 6.42 Å². The van der Waals surface area contributed by atoms with Crippen LogP contribution in [-0.2, 0) is 6.42 Å². The van der Waals surface area contributed by atoms with E-state index in [1.54, 1.807) is 18.2 Å². The van der Waals surface area contributed by atoms with E-state index in [2.05, 4.69) is 5.32 Å². The third-order valence-electron chi connectivity index (χ3n) is 2.82. The third-order valence-corrected chi connectivity index (χ3v) is 3.39. The van der Waals surface area contributed by atoms with Gasteiger partial charge in [-0.05, 0) is 42.3 Å². The molecule has 2 aromatic rings. The Hall–Kier alpha value is -1.71. The summed E-state index contributed by atoms with van der Waals surface area (Å²) in [6.45, 7) is 0.504. The number of anilines is 1. The van der Waals surface area contributed by atoms with Crippen molar-refractivity contribution in [3.05, 3.63) is 63.6 Å². The zero-order valence-electron chi connectivity index (χ0n) is 10.7. The monoisotopic (exact) mass is 308 g/mol. The van der Waals surface area contributed by atoms with Crippen molar-refractivity contribution in [1.29, 1.82) is 0 Å². The normalized spacial score (nSPS) is 10.3. The molecule has 0 radical (unpaired) electrons. The van der Waals surface area contributed by atoms with E-state index in [1.165, 1.54) is 0 Å². The van der Waals surface area contributed by atoms with Crippen LogP contribution in [0.4, 0.5) is 5.69 Å². The number of nitrogens with two attached hydrogens (primary N) is 1. The first-order valence-electron chi connectivity index (χ1n) is 6.14. The molecule has 0 bridgehead atoms. The molecule has 0 saturated carbocycles. The number of hydrogen-bond donors (Lipinski definition) is 2. The SMILES string of the molecule is Nc1ccc(Cl)c(C(=O)NCCc2cccc(Cl)c2)c1. The Morgan fingerprint density at radius 2 is 1.95 bits per heavy atom. The first-order valence-corrected chi connectivity index (χ1v) is 6.89. The van der Waals surface area contributed by atoms with Gasteiger partial charge in [0.15, 0.2) is 0 Å². The fourth-order valence-electron chi connectivity index (χ4n) is 1.82. The Balaban J connectivity index is 1.94. The molecule has 0 aliphatic rings. The van der Waals surface area contributed by atoms with Crippen LogP contribution in [0.1, 0.15) is 15.9 Å². The molecule has 5 heteroatoms. The van der Waals surface area contributed by atoms with Crippen LogP contribution in [-0.4, -0.2) is 12.5 Å². The summed E-state index contributed by atoms with van der Waals surface area (Å²) < 4.78 is 0. The predicted molar refractivity (Wildman–Crippen MR) is 83.4 cm³/mol. The van der Waals surface area contributed by atoms with Gasteiger partial charge in [-0.3, -0.25) is 4.79 Å². The van der Waals surface area contributed by atoms with Crippen molar-refractivity contribution in [1.82, 2.24) is 5.32 Å². The van der Waals surface area contributed by atoms with Gasteiger partial charge in [0.2, 0.25) is 0 Å². The van der Waals surface area contributed by atoms with Gasteiger partial charge in [0.25, 0.3) is 5.91 Å². The fraction of sp³-hybridized carbons (Fsp3) is 0.133. The molecule has 3 nitrogen and oxygen atoms in total. The Morgan fingerprint density at radius 1 is 1.15 bits per heavy atom. The maximum absolute atomic E-state index is 12.0. The van der Waals surface area contributed by atoms with Gasteiger partial charge < -0.3 is 11.1 Å². The minimum Gasteiger partial charge on any atom is -0.399 e. The molecule has 0 heterocycles. The van der Waals surface area contributed by atoms with Gasteiger partial charge in [0.05, 0.1) is 10.6 Å². The number of benzene rings is 2. The minimum atomic E-state index is -0.232. The number of hydrogen-bond acceptors (Lipinski definition) is 2. The zero-order valence-corrected chi connectivity index (χ0v) is 12.2. The lowest BCUT2D eigenvalue weighted by Crippen LogP contribution is -2.26. The van der Waals surface area contributed by atoms with Gasteiger partial charge in [-0.25, -0.2) is 0 Å². The van der Waals surface area contributed by atoms with Crippen molar-refractivity contribution >= 4 is 34.8 Å². The summed E-state index contributed by atoms with van der Waals surface area (Å²) >= 11 is 11.9. The van der Waals surface area contributed by atoms with Gasteiger partial charge >= 0.3 is 0 Å². The number of carbonyl (C=O) groups excluding carboxylic acids is 1. The largest absolute Gasteiger partial charge is 0.399 e. The highest BCUT2D eigenvalue weighted by atomic mass is 35.5. The molecule has 0 aliphatic carbocycles. The van der Waals surface area contributed by atoms with E-state index in [1.807, 2.05) is 24.3 Å². The molecule has 0 aromatic heterocycles. The average molecular weight is 309 g/mol. The van der Waals surface area contributed by atoms with Gasteiger partial charge in [-0.1, -0.05) is 35.3 Å². The molecule has 0 unspecified atom stereocenters. The molecule has 0 saturated heterocycles. The standard InChI is InChI=1S/C15H14Cl2N2O/c16-11-3-1-2-10(8-11)6-7-19-15(20)13-9-12(18)4-5-14(13)17/h1-5,8-9H,6-7,18H2,(H,19,20). The Labute approximate surface area is 127 Å². The van der Waals surface area contributed by atoms with E-state index < -0.39 is 0 Å². The second-order valence-corrected chi connectivity index (χ2v) is 5.22. The van der Waals surface area contributed by atoms with Crippen molar-refractivity contribution in [2.75, 3.05) is 12.3 Å². The van der Waals surface area contributed by atoms with Crippen molar-refractivity contribution < 1.29 is 4.79 Å². The molecule has 20 heavy (non-hydrogen) atoms. The van der Waals surface area contributed by atoms with Crippen LogP contribution in [0.2, 0.25) is 10.0 Å². The number of rotatable bonds is 4. The highest BCUT2D eigenvalue weighted by Gasteiger charge is 2.10. The lowest BCUT2D eigenvalue weighted by atomic mass is 10.1. The maximum atomic E-state index is 12.0. The lowest BCUT2D eigenvalue weighted by Gasteiger charge is -2.08. The van der Waals surface area contributed by atoms with Gasteiger partial charge in [-0.2, -0.15) is 0 Å². The van der Waals surface area contributed by atoms with E-state index in [0.29, 0.717) is 34.3 Å². The quantitative estimate of drug-likeness (QED) is 0.849. The molecule has 0 aliphatic heterocycles. The maximum Gasteiger partial charge on any atom is 0.252 e. The lowest BCUT2D eigenvalue weighted by molar-refractivity contribution is 0.0954. The summed E-state index contributed by atoms with van der Waals surface area (Å²) in [5.74, 6) is -0.232. The molecule has 0 spiro atoms. The summed E-state index contributed by atoms with van der Waals surface area (Å²) in [6.07, 6.45) is 0.701. The van der Waals surface area contributed by atoms with Gasteiger partial charge in [-0.15, -0.1) is 0 Å². The molecule has 1 amide bonds. The average Bonchev–Trinajstić information content (AvgIpc) is 2.41. The van der Waals surface area contributed by atoms with Crippen LogP contribution in [0.15, 0.2) is 42.5 Å². The molecule has 0 fully saturated rings. The number of nitrogens with one attached hydrogen (secondary N) is 1. The van der Waals surface area contributed by atoms with Crippen LogP contribution in [0.25, 0.3) is 0 Å². The topological polar surface area (TPSA) is 55.1 Å². The van der Waals surface area contributed by atoms with Crippen molar-refractivity contribution in [3.8, 4) is 0 Å². The highest BCUT2D eigenvalue weighted by Crippen LogP contribution is 2.18. The van der Waals surface area contributed by atoms with Crippen LogP contribution in [0.5, 0.6) is 0 Å². The first-order chi connectivity index (χ1) is 9.56. The van der Waals surface area contributed by atoms with E-state index in [0.717, 1.165) is 5.56 Å². The second-order valence-electron chi connectivity index (χ2n) is 4.38. The van der Waals surface area contributed by atoms with E-state index in [9.17, 15) is 4.79 Å². The molecule has 104 valence electrons. The van der Waals surface area contributed by atoms with Crippen molar-refractivity contribution in [2.24, 2.45) is 0 Å². The number of halogens is 2.